The lowest BCUT2D eigenvalue weighted by Gasteiger charge is -2.13. The van der Waals surface area contributed by atoms with Crippen LogP contribution in [-0.2, 0) is 12.8 Å². The van der Waals surface area contributed by atoms with Crippen molar-refractivity contribution in [2.75, 3.05) is 48.1 Å². The van der Waals surface area contributed by atoms with Gasteiger partial charge in [-0.2, -0.15) is 0 Å². The highest BCUT2D eigenvalue weighted by Gasteiger charge is 2.06. The highest BCUT2D eigenvalue weighted by molar-refractivity contribution is 5.79. The third kappa shape index (κ3) is 6.76. The lowest BCUT2D eigenvalue weighted by Crippen LogP contribution is -2.38. The third-order valence-electron chi connectivity index (χ3n) is 4.62. The van der Waals surface area contributed by atoms with Crippen LogP contribution in [0.25, 0.3) is 0 Å². The zero-order chi connectivity index (χ0) is 21.8. The molecule has 0 aliphatic carbocycles. The number of hydrogen-bond donors (Lipinski definition) is 2. The minimum absolute atomic E-state index is 0.668. The van der Waals surface area contributed by atoms with Gasteiger partial charge in [-0.15, -0.1) is 0 Å². The summed E-state index contributed by atoms with van der Waals surface area (Å²) in [5.41, 5.74) is 2.32. The van der Waals surface area contributed by atoms with E-state index in [4.69, 9.17) is 18.9 Å². The number of methoxy groups -OCH3 is 4. The fraction of sp³-hybridized carbons (Fsp3) is 0.435. The Morgan fingerprint density at radius 2 is 1.27 bits per heavy atom. The molecule has 164 valence electrons. The summed E-state index contributed by atoms with van der Waals surface area (Å²) in [6.07, 6.45) is 1.66. The molecule has 2 aromatic rings. The molecule has 0 amide bonds. The normalized spacial score (nSPS) is 11.0. The molecular weight excluding hydrogens is 382 g/mol. The minimum Gasteiger partial charge on any atom is -0.493 e. The fourth-order valence-corrected chi connectivity index (χ4v) is 3.04. The smallest absolute Gasteiger partial charge is 0.191 e. The van der Waals surface area contributed by atoms with E-state index in [1.165, 1.54) is 5.56 Å². The largest absolute Gasteiger partial charge is 0.493 e. The molecule has 2 N–H and O–H groups in total. The third-order valence-corrected chi connectivity index (χ3v) is 4.62. The maximum absolute atomic E-state index is 5.37. The zero-order valence-electron chi connectivity index (χ0n) is 18.6. The quantitative estimate of drug-likeness (QED) is 0.434. The average molecular weight is 416 g/mol. The molecule has 2 aromatic carbocycles. The Morgan fingerprint density at radius 1 is 0.733 bits per heavy atom. The Hall–Kier alpha value is -3.09. The van der Waals surface area contributed by atoms with Crippen LogP contribution in [-0.4, -0.2) is 54.0 Å². The van der Waals surface area contributed by atoms with Crippen LogP contribution < -0.4 is 29.6 Å². The average Bonchev–Trinajstić information content (AvgIpc) is 2.78. The molecule has 0 heterocycles. The Morgan fingerprint density at radius 3 is 1.77 bits per heavy atom. The van der Waals surface area contributed by atoms with Crippen molar-refractivity contribution in [3.05, 3.63) is 47.5 Å². The Bertz CT molecular complexity index is 824. The summed E-state index contributed by atoms with van der Waals surface area (Å²) >= 11 is 0. The van der Waals surface area contributed by atoms with Crippen molar-refractivity contribution in [3.63, 3.8) is 0 Å². The molecule has 0 saturated carbocycles. The van der Waals surface area contributed by atoms with Crippen molar-refractivity contribution in [2.24, 2.45) is 4.99 Å². The predicted molar refractivity (Wildman–Crippen MR) is 120 cm³/mol. The van der Waals surface area contributed by atoms with Crippen LogP contribution >= 0.6 is 0 Å². The molecule has 0 aromatic heterocycles. The number of ether oxygens (including phenoxy) is 4. The van der Waals surface area contributed by atoms with Gasteiger partial charge < -0.3 is 29.6 Å². The standard InChI is InChI=1S/C23H33N3O4/c1-6-24-23(25-13-11-17-7-9-19(27-2)21(15-17)29-4)26-14-12-18-8-10-20(28-3)22(16-18)30-5/h7-10,15-16H,6,11-14H2,1-5H3,(H2,24,25,26). The van der Waals surface area contributed by atoms with Gasteiger partial charge in [0.1, 0.15) is 0 Å². The summed E-state index contributed by atoms with van der Waals surface area (Å²) in [4.78, 5) is 4.68. The van der Waals surface area contributed by atoms with Crippen molar-refractivity contribution in [1.29, 1.82) is 0 Å². The summed E-state index contributed by atoms with van der Waals surface area (Å²) < 4.78 is 21.3. The number of guanidine groups is 1. The van der Waals surface area contributed by atoms with Gasteiger partial charge in [0.25, 0.3) is 0 Å². The number of benzene rings is 2. The number of nitrogens with one attached hydrogen (secondary N) is 2. The fourth-order valence-electron chi connectivity index (χ4n) is 3.04. The van der Waals surface area contributed by atoms with Crippen molar-refractivity contribution in [2.45, 2.75) is 19.8 Å². The molecule has 30 heavy (non-hydrogen) atoms. The van der Waals surface area contributed by atoms with Crippen molar-refractivity contribution in [3.8, 4) is 23.0 Å². The van der Waals surface area contributed by atoms with Gasteiger partial charge in [-0.1, -0.05) is 12.1 Å². The van der Waals surface area contributed by atoms with Crippen LogP contribution in [0.3, 0.4) is 0 Å². The summed E-state index contributed by atoms with van der Waals surface area (Å²) in [6, 6.07) is 11.9. The van der Waals surface area contributed by atoms with E-state index in [0.29, 0.717) is 6.54 Å². The molecular formula is C23H33N3O4. The highest BCUT2D eigenvalue weighted by Crippen LogP contribution is 2.28. The number of hydrogen-bond acceptors (Lipinski definition) is 5. The molecule has 0 unspecified atom stereocenters. The molecule has 7 nitrogen and oxygen atoms in total. The maximum atomic E-state index is 5.37. The van der Waals surface area contributed by atoms with E-state index < -0.39 is 0 Å². The van der Waals surface area contributed by atoms with E-state index in [9.17, 15) is 0 Å². The minimum atomic E-state index is 0.668. The topological polar surface area (TPSA) is 73.3 Å². The second-order valence-electron chi connectivity index (χ2n) is 6.57. The van der Waals surface area contributed by atoms with Gasteiger partial charge in [-0.05, 0) is 55.2 Å². The van der Waals surface area contributed by atoms with Crippen molar-refractivity contribution >= 4 is 5.96 Å². The van der Waals surface area contributed by atoms with E-state index in [2.05, 4.69) is 22.5 Å². The van der Waals surface area contributed by atoms with E-state index >= 15 is 0 Å². The van der Waals surface area contributed by atoms with E-state index in [0.717, 1.165) is 60.5 Å². The summed E-state index contributed by atoms with van der Waals surface area (Å²) in [5.74, 6) is 3.75. The van der Waals surface area contributed by atoms with Gasteiger partial charge in [0, 0.05) is 19.6 Å². The summed E-state index contributed by atoms with van der Waals surface area (Å²) in [6.45, 7) is 4.29. The number of aliphatic imine (C=N–C) groups is 1. The molecule has 0 spiro atoms. The molecule has 0 fully saturated rings. The number of nitrogens with zero attached hydrogens (tertiary/aromatic N) is 1. The highest BCUT2D eigenvalue weighted by atomic mass is 16.5. The molecule has 0 atom stereocenters. The van der Waals surface area contributed by atoms with Gasteiger partial charge in [-0.3, -0.25) is 4.99 Å². The maximum Gasteiger partial charge on any atom is 0.191 e. The van der Waals surface area contributed by atoms with Gasteiger partial charge in [-0.25, -0.2) is 0 Å². The van der Waals surface area contributed by atoms with Crippen molar-refractivity contribution in [1.82, 2.24) is 10.6 Å². The lowest BCUT2D eigenvalue weighted by atomic mass is 10.1. The van der Waals surface area contributed by atoms with Crippen LogP contribution in [0.2, 0.25) is 0 Å². The lowest BCUT2D eigenvalue weighted by molar-refractivity contribution is 0.354. The summed E-state index contributed by atoms with van der Waals surface area (Å²) in [7, 11) is 6.57. The SMILES string of the molecule is CCNC(=NCCc1ccc(OC)c(OC)c1)NCCc1ccc(OC)c(OC)c1. The van der Waals surface area contributed by atoms with Crippen molar-refractivity contribution < 1.29 is 18.9 Å². The van der Waals surface area contributed by atoms with Gasteiger partial charge in [0.15, 0.2) is 29.0 Å². The predicted octanol–water partition coefficient (Wildman–Crippen LogP) is 3.06. The first-order chi connectivity index (χ1) is 14.6. The molecule has 0 aliphatic heterocycles. The molecule has 0 saturated heterocycles. The molecule has 0 radical (unpaired) electrons. The van der Waals surface area contributed by atoms with Crippen LogP contribution in [0.15, 0.2) is 41.4 Å². The second kappa shape index (κ2) is 12.5. The van der Waals surface area contributed by atoms with Crippen LogP contribution in [0, 0.1) is 0 Å². The zero-order valence-corrected chi connectivity index (χ0v) is 18.6. The molecule has 0 bridgehead atoms. The Labute approximate surface area is 179 Å². The van der Waals surface area contributed by atoms with Crippen LogP contribution in [0.4, 0.5) is 0 Å². The van der Waals surface area contributed by atoms with Crippen LogP contribution in [0.5, 0.6) is 23.0 Å². The molecule has 2 rings (SSSR count). The van der Waals surface area contributed by atoms with Gasteiger partial charge >= 0.3 is 0 Å². The Kier molecular flexibility index (Phi) is 9.64. The van der Waals surface area contributed by atoms with E-state index in [1.807, 2.05) is 36.4 Å². The monoisotopic (exact) mass is 415 g/mol. The van der Waals surface area contributed by atoms with E-state index in [1.54, 1.807) is 28.4 Å². The number of rotatable bonds is 11. The first kappa shape index (κ1) is 23.2. The Balaban J connectivity index is 1.90. The molecule has 0 aliphatic rings. The van der Waals surface area contributed by atoms with Gasteiger partial charge in [0.05, 0.1) is 28.4 Å². The van der Waals surface area contributed by atoms with Gasteiger partial charge in [0.2, 0.25) is 0 Å². The first-order valence-electron chi connectivity index (χ1n) is 10.1. The second-order valence-corrected chi connectivity index (χ2v) is 6.57. The van der Waals surface area contributed by atoms with E-state index in [-0.39, 0.29) is 0 Å². The van der Waals surface area contributed by atoms with Crippen LogP contribution in [0.1, 0.15) is 18.1 Å². The summed E-state index contributed by atoms with van der Waals surface area (Å²) in [5, 5.41) is 6.67. The first-order valence-corrected chi connectivity index (χ1v) is 10.1. The molecule has 7 heteroatoms.